The summed E-state index contributed by atoms with van der Waals surface area (Å²) in [5.41, 5.74) is 3.65. The van der Waals surface area contributed by atoms with Gasteiger partial charge in [0.15, 0.2) is 0 Å². The minimum atomic E-state index is -0.459. The molecular weight excluding hydrogens is 404 g/mol. The lowest BCUT2D eigenvalue weighted by molar-refractivity contribution is -0.115. The van der Waals surface area contributed by atoms with Crippen LogP contribution in [0.25, 0.3) is 0 Å². The van der Waals surface area contributed by atoms with Gasteiger partial charge in [-0.2, -0.15) is 0 Å². The molecule has 2 aromatic carbocycles. The fourth-order valence-electron chi connectivity index (χ4n) is 4.15. The van der Waals surface area contributed by atoms with Crippen molar-refractivity contribution in [1.82, 2.24) is 10.2 Å². The fourth-order valence-corrected chi connectivity index (χ4v) is 4.15. The summed E-state index contributed by atoms with van der Waals surface area (Å²) in [6.07, 6.45) is 1.13. The average Bonchev–Trinajstić information content (AvgIpc) is 2.72. The number of nitrogens with one attached hydrogen (secondary N) is 3. The molecule has 1 aliphatic heterocycles. The number of piperidine rings is 1. The Labute approximate surface area is 189 Å². The Kier molecular flexibility index (Phi) is 7.51. The highest BCUT2D eigenvalue weighted by molar-refractivity contribution is 5.99. The van der Waals surface area contributed by atoms with Gasteiger partial charge in [0.05, 0.1) is 6.54 Å². The molecule has 170 valence electrons. The van der Waals surface area contributed by atoms with Crippen LogP contribution in [0.5, 0.6) is 0 Å². The first-order chi connectivity index (χ1) is 15.2. The van der Waals surface area contributed by atoms with Gasteiger partial charge < -0.3 is 20.9 Å². The smallest absolute Gasteiger partial charge is 0.319 e. The predicted molar refractivity (Wildman–Crippen MR) is 127 cm³/mol. The normalized spacial score (nSPS) is 18.1. The third-order valence-corrected chi connectivity index (χ3v) is 5.60. The molecule has 7 nitrogen and oxygen atoms in total. The lowest BCUT2D eigenvalue weighted by atomic mass is 9.91. The lowest BCUT2D eigenvalue weighted by Gasteiger charge is -2.35. The van der Waals surface area contributed by atoms with Gasteiger partial charge in [0.25, 0.3) is 5.91 Å². The summed E-state index contributed by atoms with van der Waals surface area (Å²) in [5.74, 6) is 0.570. The molecule has 2 aromatic rings. The quantitative estimate of drug-likeness (QED) is 0.657. The molecule has 1 aliphatic rings. The van der Waals surface area contributed by atoms with E-state index in [9.17, 15) is 14.4 Å². The minimum absolute atomic E-state index is 0.0189. The van der Waals surface area contributed by atoms with Crippen LogP contribution < -0.4 is 16.0 Å². The number of benzene rings is 2. The maximum Gasteiger partial charge on any atom is 0.319 e. The molecule has 0 bridgehead atoms. The zero-order chi connectivity index (χ0) is 23.3. The molecule has 0 aliphatic carbocycles. The van der Waals surface area contributed by atoms with Crippen LogP contribution in [0.4, 0.5) is 16.2 Å². The van der Waals surface area contributed by atoms with Crippen LogP contribution in [0.3, 0.4) is 0 Å². The summed E-state index contributed by atoms with van der Waals surface area (Å²) in [5, 5.41) is 8.05. The van der Waals surface area contributed by atoms with E-state index in [0.717, 1.165) is 30.6 Å². The van der Waals surface area contributed by atoms with Gasteiger partial charge >= 0.3 is 6.03 Å². The monoisotopic (exact) mass is 436 g/mol. The van der Waals surface area contributed by atoms with E-state index in [0.29, 0.717) is 28.8 Å². The molecule has 32 heavy (non-hydrogen) atoms. The standard InChI is InChI=1S/C25H32N4O3/c1-16-6-5-7-21(11-16)27-25(32)26-13-23(30)28-22-12-20(9-8-19(22)4)24(31)29-14-17(2)10-18(3)15-29/h5-9,11-12,17-18H,10,13-15H2,1-4H3,(H,28,30)(H2,26,27,32). The van der Waals surface area contributed by atoms with Crippen molar-refractivity contribution >= 4 is 29.2 Å². The van der Waals surface area contributed by atoms with Gasteiger partial charge in [-0.25, -0.2) is 4.79 Å². The Bertz CT molecular complexity index is 994. The van der Waals surface area contributed by atoms with E-state index in [1.54, 1.807) is 18.2 Å². The topological polar surface area (TPSA) is 90.5 Å². The lowest BCUT2D eigenvalue weighted by Crippen LogP contribution is -2.42. The Hall–Kier alpha value is -3.35. The zero-order valence-corrected chi connectivity index (χ0v) is 19.2. The Morgan fingerprint density at radius 2 is 1.69 bits per heavy atom. The van der Waals surface area contributed by atoms with E-state index in [-0.39, 0.29) is 18.4 Å². The largest absolute Gasteiger partial charge is 0.338 e. The van der Waals surface area contributed by atoms with Crippen molar-refractivity contribution in [2.24, 2.45) is 11.8 Å². The molecule has 0 spiro atoms. The summed E-state index contributed by atoms with van der Waals surface area (Å²) >= 11 is 0. The third kappa shape index (κ3) is 6.33. The molecule has 4 amide bonds. The Morgan fingerprint density at radius 3 is 2.38 bits per heavy atom. The molecule has 3 rings (SSSR count). The van der Waals surface area contributed by atoms with Crippen molar-refractivity contribution in [2.75, 3.05) is 30.3 Å². The van der Waals surface area contributed by atoms with Crippen LogP contribution in [0.2, 0.25) is 0 Å². The summed E-state index contributed by atoms with van der Waals surface area (Å²) in [6.45, 7) is 9.45. The number of anilines is 2. The third-order valence-electron chi connectivity index (χ3n) is 5.60. The van der Waals surface area contributed by atoms with E-state index >= 15 is 0 Å². The minimum Gasteiger partial charge on any atom is -0.338 e. The number of carbonyl (C=O) groups is 3. The van der Waals surface area contributed by atoms with E-state index in [4.69, 9.17) is 0 Å². The number of nitrogens with zero attached hydrogens (tertiary/aromatic N) is 1. The molecule has 0 aromatic heterocycles. The maximum absolute atomic E-state index is 13.0. The van der Waals surface area contributed by atoms with E-state index in [1.165, 1.54) is 0 Å². The number of urea groups is 1. The van der Waals surface area contributed by atoms with Gasteiger partial charge in [0.1, 0.15) is 0 Å². The zero-order valence-electron chi connectivity index (χ0n) is 19.2. The van der Waals surface area contributed by atoms with E-state index in [1.807, 2.05) is 43.0 Å². The summed E-state index contributed by atoms with van der Waals surface area (Å²) in [7, 11) is 0. The van der Waals surface area contributed by atoms with Crippen LogP contribution in [-0.2, 0) is 4.79 Å². The number of likely N-dealkylation sites (tertiary alicyclic amines) is 1. The van der Waals surface area contributed by atoms with Crippen LogP contribution in [0, 0.1) is 25.7 Å². The predicted octanol–water partition coefficient (Wildman–Crippen LogP) is 4.18. The number of hydrogen-bond donors (Lipinski definition) is 3. The molecule has 0 radical (unpaired) electrons. The number of hydrogen-bond acceptors (Lipinski definition) is 3. The highest BCUT2D eigenvalue weighted by Gasteiger charge is 2.26. The fraction of sp³-hybridized carbons (Fsp3) is 0.400. The molecular formula is C25H32N4O3. The van der Waals surface area contributed by atoms with Crippen LogP contribution in [0.1, 0.15) is 41.8 Å². The van der Waals surface area contributed by atoms with Crippen LogP contribution >= 0.6 is 0 Å². The molecule has 2 atom stereocenters. The Balaban J connectivity index is 1.57. The highest BCUT2D eigenvalue weighted by Crippen LogP contribution is 2.24. The van der Waals surface area contributed by atoms with Crippen molar-refractivity contribution in [3.05, 3.63) is 59.2 Å². The molecule has 1 heterocycles. The van der Waals surface area contributed by atoms with Gasteiger partial charge in [-0.05, 0) is 67.5 Å². The van der Waals surface area contributed by atoms with Gasteiger partial charge in [-0.1, -0.05) is 32.0 Å². The van der Waals surface area contributed by atoms with Crippen molar-refractivity contribution in [1.29, 1.82) is 0 Å². The average molecular weight is 437 g/mol. The van der Waals surface area contributed by atoms with Crippen molar-refractivity contribution < 1.29 is 14.4 Å². The van der Waals surface area contributed by atoms with Crippen molar-refractivity contribution in [2.45, 2.75) is 34.1 Å². The summed E-state index contributed by atoms with van der Waals surface area (Å²) in [6, 6.07) is 12.3. The van der Waals surface area contributed by atoms with Gasteiger partial charge in [0.2, 0.25) is 5.91 Å². The maximum atomic E-state index is 13.0. The molecule has 1 saturated heterocycles. The number of aryl methyl sites for hydroxylation is 2. The first-order valence-corrected chi connectivity index (χ1v) is 11.0. The first-order valence-electron chi connectivity index (χ1n) is 11.0. The SMILES string of the molecule is Cc1cccc(NC(=O)NCC(=O)Nc2cc(C(=O)N3CC(C)CC(C)C3)ccc2C)c1. The Morgan fingerprint density at radius 1 is 0.969 bits per heavy atom. The highest BCUT2D eigenvalue weighted by atomic mass is 16.2. The second-order valence-electron chi connectivity index (χ2n) is 8.91. The summed E-state index contributed by atoms with van der Waals surface area (Å²) in [4.78, 5) is 39.4. The second-order valence-corrected chi connectivity index (χ2v) is 8.91. The van der Waals surface area contributed by atoms with Crippen molar-refractivity contribution in [3.63, 3.8) is 0 Å². The number of rotatable bonds is 5. The van der Waals surface area contributed by atoms with Crippen molar-refractivity contribution in [3.8, 4) is 0 Å². The molecule has 0 saturated carbocycles. The van der Waals surface area contributed by atoms with E-state index < -0.39 is 6.03 Å². The number of carbonyl (C=O) groups excluding carboxylic acids is 3. The van der Waals surface area contributed by atoms with Gasteiger partial charge in [-0.15, -0.1) is 0 Å². The first kappa shape index (κ1) is 23.3. The summed E-state index contributed by atoms with van der Waals surface area (Å²) < 4.78 is 0. The molecule has 1 fully saturated rings. The van der Waals surface area contributed by atoms with Crippen LogP contribution in [-0.4, -0.2) is 42.4 Å². The molecule has 3 N–H and O–H groups in total. The van der Waals surface area contributed by atoms with Gasteiger partial charge in [0, 0.05) is 30.0 Å². The van der Waals surface area contributed by atoms with Crippen LogP contribution in [0.15, 0.2) is 42.5 Å². The van der Waals surface area contributed by atoms with Gasteiger partial charge in [-0.3, -0.25) is 9.59 Å². The second kappa shape index (κ2) is 10.3. The van der Waals surface area contributed by atoms with E-state index in [2.05, 4.69) is 29.8 Å². The molecule has 2 unspecified atom stereocenters. The number of amides is 4. The molecule has 7 heteroatoms.